The van der Waals surface area contributed by atoms with E-state index < -0.39 is 16.6 Å². The average molecular weight is 403 g/mol. The molecule has 0 spiro atoms. The summed E-state index contributed by atoms with van der Waals surface area (Å²) in [5, 5.41) is 0.509. The molecule has 0 amide bonds. The van der Waals surface area contributed by atoms with Crippen molar-refractivity contribution in [2.75, 3.05) is 6.16 Å². The Bertz CT molecular complexity index is 435. The highest BCUT2D eigenvalue weighted by Crippen LogP contribution is 2.42. The highest BCUT2D eigenvalue weighted by atomic mass is 31.0. The molecule has 2 unspecified atom stereocenters. The first-order valence-electron chi connectivity index (χ1n) is 9.82. The van der Waals surface area contributed by atoms with Gasteiger partial charge in [0.1, 0.15) is 0 Å². The summed E-state index contributed by atoms with van der Waals surface area (Å²) >= 11 is 0. The lowest BCUT2D eigenvalue weighted by atomic mass is 9.90. The van der Waals surface area contributed by atoms with Crippen LogP contribution in [0.5, 0.6) is 0 Å². The minimum atomic E-state index is -1.75. The second-order valence-electron chi connectivity index (χ2n) is 10.7. The zero-order valence-corrected chi connectivity index (χ0v) is 21.6. The van der Waals surface area contributed by atoms with Gasteiger partial charge in [0.05, 0.1) is 12.2 Å². The van der Waals surface area contributed by atoms with E-state index in [0.717, 1.165) is 25.4 Å². The first-order chi connectivity index (χ1) is 11.1. The summed E-state index contributed by atoms with van der Waals surface area (Å²) < 4.78 is 13.6. The maximum Gasteiger partial charge on any atom is 0.192 e. The molecule has 0 aromatic carbocycles. The molecule has 148 valence electrons. The molecule has 1 fully saturated rings. The van der Waals surface area contributed by atoms with E-state index in [1.54, 1.807) is 0 Å². The van der Waals surface area contributed by atoms with Gasteiger partial charge < -0.3 is 8.85 Å². The van der Waals surface area contributed by atoms with E-state index in [1.807, 2.05) is 0 Å². The third-order valence-electron chi connectivity index (χ3n) is 6.45. The molecule has 1 saturated carbocycles. The Morgan fingerprint density at radius 3 is 1.52 bits per heavy atom. The Morgan fingerprint density at radius 1 is 0.880 bits per heavy atom. The Kier molecular flexibility index (Phi) is 7.79. The molecule has 0 aliphatic heterocycles. The Balaban J connectivity index is 2.94. The van der Waals surface area contributed by atoms with Gasteiger partial charge in [-0.05, 0) is 61.7 Å². The van der Waals surface area contributed by atoms with Crippen LogP contribution in [-0.4, -0.2) is 35.0 Å². The van der Waals surface area contributed by atoms with Gasteiger partial charge in [0, 0.05) is 0 Å². The number of rotatable bonds is 5. The largest absolute Gasteiger partial charge is 0.414 e. The molecule has 1 rings (SSSR count). The lowest BCUT2D eigenvalue weighted by Gasteiger charge is -2.45. The molecule has 0 N–H and O–H groups in total. The van der Waals surface area contributed by atoms with Crippen LogP contribution in [0, 0.1) is 0 Å². The molecule has 0 aromatic heterocycles. The fourth-order valence-corrected chi connectivity index (χ4v) is 5.89. The number of allylic oxidation sites excluding steroid dienone is 1. The SMILES string of the molecule is CC(C)(C)[Si](C)(C)OC1C/C(=C/CP)C[C@@H](O[Si](C)(C)C(C)(C)C)C1. The number of hydrogen-bond acceptors (Lipinski definition) is 2. The first-order valence-corrected chi connectivity index (χ1v) is 16.5. The molecular formula is C20H43O2PSi2. The molecule has 25 heavy (non-hydrogen) atoms. The highest BCUT2D eigenvalue weighted by Gasteiger charge is 2.43. The second kappa shape index (κ2) is 8.26. The van der Waals surface area contributed by atoms with Crippen LogP contribution in [0.4, 0.5) is 0 Å². The van der Waals surface area contributed by atoms with Crippen molar-refractivity contribution >= 4 is 25.9 Å². The smallest absolute Gasteiger partial charge is 0.192 e. The molecule has 0 aromatic rings. The molecule has 0 heterocycles. The molecule has 2 nitrogen and oxygen atoms in total. The minimum Gasteiger partial charge on any atom is -0.414 e. The third kappa shape index (κ3) is 6.57. The van der Waals surface area contributed by atoms with E-state index in [4.69, 9.17) is 8.85 Å². The van der Waals surface area contributed by atoms with Gasteiger partial charge in [0.25, 0.3) is 0 Å². The summed E-state index contributed by atoms with van der Waals surface area (Å²) in [7, 11) is -0.666. The van der Waals surface area contributed by atoms with E-state index in [9.17, 15) is 0 Å². The van der Waals surface area contributed by atoms with Gasteiger partial charge in [-0.15, -0.1) is 9.24 Å². The molecule has 3 atom stereocenters. The van der Waals surface area contributed by atoms with Crippen LogP contribution in [0.3, 0.4) is 0 Å². The monoisotopic (exact) mass is 402 g/mol. The highest BCUT2D eigenvalue weighted by molar-refractivity contribution is 7.16. The van der Waals surface area contributed by atoms with Crippen molar-refractivity contribution in [3.05, 3.63) is 11.6 Å². The average Bonchev–Trinajstić information content (AvgIpc) is 2.34. The molecule has 0 bridgehead atoms. The normalized spacial score (nSPS) is 25.5. The number of hydrogen-bond donors (Lipinski definition) is 0. The predicted octanol–water partition coefficient (Wildman–Crippen LogP) is 6.75. The van der Waals surface area contributed by atoms with Crippen LogP contribution < -0.4 is 0 Å². The maximum atomic E-state index is 6.78. The van der Waals surface area contributed by atoms with Crippen LogP contribution >= 0.6 is 9.24 Å². The zero-order chi connectivity index (χ0) is 19.7. The lowest BCUT2D eigenvalue weighted by molar-refractivity contribution is 0.0725. The van der Waals surface area contributed by atoms with E-state index in [2.05, 4.69) is 83.0 Å². The first kappa shape index (κ1) is 23.6. The lowest BCUT2D eigenvalue weighted by Crippen LogP contribution is -2.48. The summed E-state index contributed by atoms with van der Waals surface area (Å²) in [6.07, 6.45) is 7.23. The van der Waals surface area contributed by atoms with Crippen molar-refractivity contribution in [1.82, 2.24) is 0 Å². The van der Waals surface area contributed by atoms with E-state index in [-0.39, 0.29) is 10.1 Å². The van der Waals surface area contributed by atoms with Crippen LogP contribution in [0.25, 0.3) is 0 Å². The quantitative estimate of drug-likeness (QED) is 0.287. The summed E-state index contributed by atoms with van der Waals surface area (Å²) in [6.45, 7) is 23.4. The molecular weight excluding hydrogens is 359 g/mol. The standard InChI is InChI=1S/C20H43O2PSi2/c1-19(2,3)24(7,8)21-17-13-16(11-12-23)14-18(15-17)22-25(9,10)20(4,5)6/h11,17-18H,12-15,23H2,1-10H3/b16-11-/t17?,18-/m1/s1. The van der Waals surface area contributed by atoms with Gasteiger partial charge in [0.2, 0.25) is 0 Å². The fraction of sp³-hybridized carbons (Fsp3) is 0.900. The molecule has 1 aliphatic carbocycles. The summed E-state index contributed by atoms with van der Waals surface area (Å²) in [5.74, 6) is 0. The summed E-state index contributed by atoms with van der Waals surface area (Å²) in [5.41, 5.74) is 1.52. The van der Waals surface area contributed by atoms with Crippen molar-refractivity contribution in [1.29, 1.82) is 0 Å². The van der Waals surface area contributed by atoms with Crippen LogP contribution in [0.15, 0.2) is 11.6 Å². The predicted molar refractivity (Wildman–Crippen MR) is 121 cm³/mol. The second-order valence-corrected chi connectivity index (χ2v) is 20.7. The van der Waals surface area contributed by atoms with Crippen LogP contribution in [-0.2, 0) is 8.85 Å². The minimum absolute atomic E-state index is 0.255. The molecule has 5 heteroatoms. The van der Waals surface area contributed by atoms with Crippen molar-refractivity contribution < 1.29 is 8.85 Å². The van der Waals surface area contributed by atoms with Crippen LogP contribution in [0.1, 0.15) is 60.8 Å². The fourth-order valence-electron chi connectivity index (χ4n) is 2.83. The molecule has 0 radical (unpaired) electrons. The summed E-state index contributed by atoms with van der Waals surface area (Å²) in [6, 6.07) is 0. The van der Waals surface area contributed by atoms with E-state index in [1.165, 1.54) is 5.57 Å². The van der Waals surface area contributed by atoms with Crippen molar-refractivity contribution in [3.8, 4) is 0 Å². The maximum absolute atomic E-state index is 6.78. The van der Waals surface area contributed by atoms with Crippen LogP contribution in [0.2, 0.25) is 36.3 Å². The van der Waals surface area contributed by atoms with Gasteiger partial charge in [-0.1, -0.05) is 53.2 Å². The van der Waals surface area contributed by atoms with E-state index >= 15 is 0 Å². The summed E-state index contributed by atoms with van der Waals surface area (Å²) in [4.78, 5) is 0. The van der Waals surface area contributed by atoms with Gasteiger partial charge in [-0.2, -0.15) is 0 Å². The zero-order valence-electron chi connectivity index (χ0n) is 18.5. The van der Waals surface area contributed by atoms with Gasteiger partial charge >= 0.3 is 0 Å². The molecule has 1 aliphatic rings. The Morgan fingerprint density at radius 2 is 1.24 bits per heavy atom. The van der Waals surface area contributed by atoms with Crippen molar-refractivity contribution in [2.24, 2.45) is 0 Å². The topological polar surface area (TPSA) is 18.5 Å². The van der Waals surface area contributed by atoms with Crippen molar-refractivity contribution in [2.45, 2.75) is 109 Å². The molecule has 0 saturated heterocycles. The Labute approximate surface area is 162 Å². The van der Waals surface area contributed by atoms with Crippen molar-refractivity contribution in [3.63, 3.8) is 0 Å². The van der Waals surface area contributed by atoms with Gasteiger partial charge in [0.15, 0.2) is 16.6 Å². The third-order valence-corrected chi connectivity index (χ3v) is 15.8. The van der Waals surface area contributed by atoms with Gasteiger partial charge in [-0.25, -0.2) is 0 Å². The van der Waals surface area contributed by atoms with Gasteiger partial charge in [-0.3, -0.25) is 0 Å². The Hall–Kier alpha value is 0.524. The van der Waals surface area contributed by atoms with E-state index in [0.29, 0.717) is 12.2 Å².